The van der Waals surface area contributed by atoms with Gasteiger partial charge in [-0.25, -0.2) is 4.63 Å². The zero-order valence-corrected chi connectivity index (χ0v) is 17.2. The van der Waals surface area contributed by atoms with Crippen LogP contribution in [0.5, 0.6) is 11.5 Å². The van der Waals surface area contributed by atoms with Crippen molar-refractivity contribution in [3.63, 3.8) is 0 Å². The third kappa shape index (κ3) is 3.50. The fourth-order valence-corrected chi connectivity index (χ4v) is 4.28. The monoisotopic (exact) mass is 418 g/mol. The molecule has 2 aromatic carbocycles. The van der Waals surface area contributed by atoms with Gasteiger partial charge in [0.1, 0.15) is 11.5 Å². The van der Waals surface area contributed by atoms with Gasteiger partial charge in [-0.05, 0) is 58.0 Å². The van der Waals surface area contributed by atoms with Gasteiger partial charge in [-0.3, -0.25) is 4.79 Å². The highest BCUT2D eigenvalue weighted by Gasteiger charge is 2.37. The number of fused-ring (bicyclic) bond motifs is 1. The van der Waals surface area contributed by atoms with Gasteiger partial charge in [-0.2, -0.15) is 0 Å². The molecule has 2 aliphatic rings. The van der Waals surface area contributed by atoms with Crippen molar-refractivity contribution in [3.05, 3.63) is 70.9 Å². The Morgan fingerprint density at radius 2 is 1.71 bits per heavy atom. The minimum Gasteiger partial charge on any atom is -0.497 e. The first-order chi connectivity index (χ1) is 15.2. The van der Waals surface area contributed by atoms with E-state index in [0.29, 0.717) is 30.1 Å². The normalized spacial score (nSPS) is 20.1. The number of aromatic nitrogens is 2. The van der Waals surface area contributed by atoms with Gasteiger partial charge in [-0.15, -0.1) is 0 Å². The number of ketones is 1. The smallest absolute Gasteiger partial charge is 0.219 e. The zero-order valence-electron chi connectivity index (χ0n) is 17.2. The number of carbonyl (C=O) groups is 1. The highest BCUT2D eigenvalue weighted by Crippen LogP contribution is 2.43. The van der Waals surface area contributed by atoms with E-state index in [4.69, 9.17) is 14.1 Å². The van der Waals surface area contributed by atoms with Crippen LogP contribution >= 0.6 is 0 Å². The molecule has 2 N–H and O–H groups in total. The molecular weight excluding hydrogens is 396 g/mol. The molecule has 8 nitrogen and oxygen atoms in total. The van der Waals surface area contributed by atoms with Crippen molar-refractivity contribution in [1.29, 1.82) is 0 Å². The molecule has 1 aliphatic carbocycles. The summed E-state index contributed by atoms with van der Waals surface area (Å²) in [5.41, 5.74) is 3.52. The first-order valence-electron chi connectivity index (χ1n) is 10.1. The maximum absolute atomic E-state index is 13.4. The molecular formula is C23H22N4O4. The van der Waals surface area contributed by atoms with Gasteiger partial charge in [0.15, 0.2) is 5.78 Å². The highest BCUT2D eigenvalue weighted by molar-refractivity contribution is 6.00. The van der Waals surface area contributed by atoms with E-state index >= 15 is 0 Å². The van der Waals surface area contributed by atoms with E-state index in [-0.39, 0.29) is 11.7 Å². The van der Waals surface area contributed by atoms with Crippen LogP contribution in [0.15, 0.2) is 64.4 Å². The predicted octanol–water partition coefficient (Wildman–Crippen LogP) is 4.07. The molecule has 1 aromatic heterocycles. The molecule has 5 rings (SSSR count). The third-order valence-electron chi connectivity index (χ3n) is 5.85. The number of carbonyl (C=O) groups excluding carboxylic acids is 1. The Hall–Kier alpha value is -3.81. The Kier molecular flexibility index (Phi) is 4.82. The number of rotatable bonds is 4. The van der Waals surface area contributed by atoms with Crippen LogP contribution in [-0.2, 0) is 4.79 Å². The van der Waals surface area contributed by atoms with Crippen LogP contribution in [0.2, 0.25) is 0 Å². The van der Waals surface area contributed by atoms with E-state index in [1.807, 2.05) is 48.5 Å². The SMILES string of the molecule is COc1ccc([C@H]2CC(=O)C3=C(C2)Nc2nonc2N[C@@H]3c2cccc(OC)c2)cc1. The molecule has 158 valence electrons. The Balaban J connectivity index is 1.56. The molecule has 0 saturated heterocycles. The third-order valence-corrected chi connectivity index (χ3v) is 5.85. The summed E-state index contributed by atoms with van der Waals surface area (Å²) < 4.78 is 15.6. The van der Waals surface area contributed by atoms with Gasteiger partial charge in [-0.1, -0.05) is 24.3 Å². The van der Waals surface area contributed by atoms with Crippen LogP contribution in [0.3, 0.4) is 0 Å². The molecule has 0 bridgehead atoms. The number of nitrogens with one attached hydrogen (secondary N) is 2. The van der Waals surface area contributed by atoms with E-state index in [1.54, 1.807) is 14.2 Å². The molecule has 0 fully saturated rings. The molecule has 31 heavy (non-hydrogen) atoms. The molecule has 0 amide bonds. The minimum atomic E-state index is -0.393. The number of ether oxygens (including phenoxy) is 2. The van der Waals surface area contributed by atoms with E-state index < -0.39 is 6.04 Å². The zero-order chi connectivity index (χ0) is 21.4. The molecule has 2 atom stereocenters. The first-order valence-corrected chi connectivity index (χ1v) is 10.1. The van der Waals surface area contributed by atoms with Crippen molar-refractivity contribution in [2.75, 3.05) is 24.9 Å². The Bertz CT molecular complexity index is 1150. The van der Waals surface area contributed by atoms with Gasteiger partial charge in [0.25, 0.3) is 0 Å². The van der Waals surface area contributed by atoms with Crippen molar-refractivity contribution in [1.82, 2.24) is 10.3 Å². The van der Waals surface area contributed by atoms with Crippen molar-refractivity contribution in [3.8, 4) is 11.5 Å². The Labute approximate surface area is 179 Å². The lowest BCUT2D eigenvalue weighted by molar-refractivity contribution is -0.116. The van der Waals surface area contributed by atoms with Gasteiger partial charge in [0.2, 0.25) is 11.6 Å². The summed E-state index contributed by atoms with van der Waals surface area (Å²) in [7, 11) is 3.26. The summed E-state index contributed by atoms with van der Waals surface area (Å²) in [4.78, 5) is 13.4. The van der Waals surface area contributed by atoms with Crippen LogP contribution < -0.4 is 20.1 Å². The van der Waals surface area contributed by atoms with Crippen LogP contribution in [0.4, 0.5) is 11.6 Å². The summed E-state index contributed by atoms with van der Waals surface area (Å²) in [6, 6.07) is 15.1. The van der Waals surface area contributed by atoms with Crippen LogP contribution in [0.1, 0.15) is 35.9 Å². The van der Waals surface area contributed by atoms with Crippen LogP contribution in [0.25, 0.3) is 0 Å². The second-order valence-corrected chi connectivity index (χ2v) is 7.63. The van der Waals surface area contributed by atoms with Crippen molar-refractivity contribution < 1.29 is 18.9 Å². The fourth-order valence-electron chi connectivity index (χ4n) is 4.28. The number of hydrogen-bond acceptors (Lipinski definition) is 8. The minimum absolute atomic E-state index is 0.0528. The molecule has 2 heterocycles. The largest absolute Gasteiger partial charge is 0.497 e. The average Bonchev–Trinajstić information content (AvgIpc) is 3.17. The summed E-state index contributed by atoms with van der Waals surface area (Å²) >= 11 is 0. The molecule has 0 radical (unpaired) electrons. The standard InChI is InChI=1S/C23H22N4O4/c1-29-16-8-6-13(7-9-16)15-11-18-20(19(28)12-15)21(14-4-3-5-17(10-14)30-2)25-23-22(24-18)26-31-27-23/h3-10,15,21H,11-12H2,1-2H3,(H,24,26)(H,25,27)/t15-,21-/m1/s1. The number of allylic oxidation sites excluding steroid dienone is 1. The van der Waals surface area contributed by atoms with Crippen LogP contribution in [-0.4, -0.2) is 30.3 Å². The number of nitrogens with zero attached hydrogens (tertiary/aromatic N) is 2. The number of hydrogen-bond donors (Lipinski definition) is 2. The Morgan fingerprint density at radius 3 is 2.48 bits per heavy atom. The van der Waals surface area contributed by atoms with Crippen LogP contribution in [0, 0.1) is 0 Å². The Morgan fingerprint density at radius 1 is 0.935 bits per heavy atom. The first kappa shape index (κ1) is 19.2. The molecule has 0 spiro atoms. The quantitative estimate of drug-likeness (QED) is 0.654. The summed E-state index contributed by atoms with van der Waals surface area (Å²) in [5, 5.41) is 14.6. The van der Waals surface area contributed by atoms with E-state index in [1.165, 1.54) is 0 Å². The van der Waals surface area contributed by atoms with Gasteiger partial charge < -0.3 is 20.1 Å². The van der Waals surface area contributed by atoms with E-state index in [2.05, 4.69) is 20.9 Å². The number of methoxy groups -OCH3 is 2. The van der Waals surface area contributed by atoms with Gasteiger partial charge >= 0.3 is 0 Å². The lowest BCUT2D eigenvalue weighted by Crippen LogP contribution is -2.27. The van der Waals surface area contributed by atoms with Gasteiger partial charge in [0, 0.05) is 17.7 Å². The maximum Gasteiger partial charge on any atom is 0.219 e. The average molecular weight is 418 g/mol. The van der Waals surface area contributed by atoms with Crippen molar-refractivity contribution >= 4 is 17.4 Å². The molecule has 0 saturated carbocycles. The molecule has 8 heteroatoms. The maximum atomic E-state index is 13.4. The second kappa shape index (κ2) is 7.79. The summed E-state index contributed by atoms with van der Waals surface area (Å²) in [6.07, 6.45) is 1.09. The summed E-state index contributed by atoms with van der Waals surface area (Å²) in [6.45, 7) is 0. The van der Waals surface area contributed by atoms with Crippen molar-refractivity contribution in [2.45, 2.75) is 24.8 Å². The topological polar surface area (TPSA) is 98.5 Å². The molecule has 3 aromatic rings. The summed E-state index contributed by atoms with van der Waals surface area (Å²) in [5.74, 6) is 2.58. The van der Waals surface area contributed by atoms with E-state index in [9.17, 15) is 4.79 Å². The number of Topliss-reactive ketones (excluding diaryl/α,β-unsaturated/α-hetero) is 1. The predicted molar refractivity (Wildman–Crippen MR) is 114 cm³/mol. The lowest BCUT2D eigenvalue weighted by Gasteiger charge is -2.29. The van der Waals surface area contributed by atoms with Crippen molar-refractivity contribution in [2.24, 2.45) is 0 Å². The van der Waals surface area contributed by atoms with E-state index in [0.717, 1.165) is 28.3 Å². The number of anilines is 2. The fraction of sp³-hybridized carbons (Fsp3) is 0.261. The molecule has 0 unspecified atom stereocenters. The highest BCUT2D eigenvalue weighted by atomic mass is 16.6. The number of benzene rings is 2. The lowest BCUT2D eigenvalue weighted by atomic mass is 9.78. The second-order valence-electron chi connectivity index (χ2n) is 7.63. The molecule has 1 aliphatic heterocycles. The van der Waals surface area contributed by atoms with Gasteiger partial charge in [0.05, 0.1) is 20.3 Å².